The molecule has 0 saturated heterocycles. The first-order chi connectivity index (χ1) is 18.4. The second-order valence-corrected chi connectivity index (χ2v) is 11.0. The average Bonchev–Trinajstić information content (AvgIpc) is 2.89. The Bertz CT molecular complexity index is 887. The Labute approximate surface area is 229 Å². The van der Waals surface area contributed by atoms with E-state index in [4.69, 9.17) is 18.9 Å². The maximum absolute atomic E-state index is 12.6. The maximum atomic E-state index is 12.6. The Morgan fingerprint density at radius 1 is 1.18 bits per heavy atom. The zero-order chi connectivity index (χ0) is 27.2. The molecule has 0 aromatic carbocycles. The molecular weight excluding hydrogens is 480 g/mol. The highest BCUT2D eigenvalue weighted by Gasteiger charge is 2.23. The number of carbonyl (C=O) groups excluding carboxylic acids is 1. The van der Waals surface area contributed by atoms with Gasteiger partial charge in [0, 0.05) is 25.9 Å². The highest BCUT2D eigenvalue weighted by atomic mass is 16.7. The fourth-order valence-electron chi connectivity index (χ4n) is 5.46. The van der Waals surface area contributed by atoms with Crippen LogP contribution in [-0.2, 0) is 23.7 Å². The van der Waals surface area contributed by atoms with Gasteiger partial charge in [-0.2, -0.15) is 0 Å². The largest absolute Gasteiger partial charge is 0.449 e. The summed E-state index contributed by atoms with van der Waals surface area (Å²) in [6, 6.07) is 0. The van der Waals surface area contributed by atoms with Crippen molar-refractivity contribution in [1.29, 1.82) is 0 Å². The lowest BCUT2D eigenvalue weighted by Crippen LogP contribution is -2.29. The van der Waals surface area contributed by atoms with Gasteiger partial charge in [-0.15, -0.1) is 0 Å². The van der Waals surface area contributed by atoms with E-state index in [9.17, 15) is 9.90 Å². The van der Waals surface area contributed by atoms with Gasteiger partial charge in [-0.3, -0.25) is 0 Å². The molecule has 0 aromatic rings. The first-order valence-electron chi connectivity index (χ1n) is 14.2. The fourth-order valence-corrected chi connectivity index (χ4v) is 5.46. The van der Waals surface area contributed by atoms with E-state index in [1.807, 2.05) is 18.2 Å². The summed E-state index contributed by atoms with van der Waals surface area (Å²) in [7, 11) is 1.60. The number of ether oxygens (including phenoxy) is 4. The van der Waals surface area contributed by atoms with Crippen molar-refractivity contribution >= 4 is 5.97 Å². The van der Waals surface area contributed by atoms with Crippen molar-refractivity contribution in [3.8, 4) is 11.8 Å². The van der Waals surface area contributed by atoms with Crippen molar-refractivity contribution in [2.75, 3.05) is 13.9 Å². The van der Waals surface area contributed by atoms with E-state index in [0.717, 1.165) is 37.7 Å². The van der Waals surface area contributed by atoms with Crippen molar-refractivity contribution < 1.29 is 28.8 Å². The summed E-state index contributed by atoms with van der Waals surface area (Å²) in [4.78, 5) is 12.6. The third kappa shape index (κ3) is 11.3. The number of methoxy groups -OCH3 is 1. The van der Waals surface area contributed by atoms with Gasteiger partial charge in [-0.1, -0.05) is 80.7 Å². The van der Waals surface area contributed by atoms with Gasteiger partial charge in [0.2, 0.25) is 0 Å². The minimum absolute atomic E-state index is 0.122. The first kappa shape index (κ1) is 30.4. The Balaban J connectivity index is 1.75. The Kier molecular flexibility index (Phi) is 13.4. The second kappa shape index (κ2) is 16.7. The number of esters is 1. The van der Waals surface area contributed by atoms with E-state index in [-0.39, 0.29) is 25.1 Å². The molecule has 2 bridgehead atoms. The van der Waals surface area contributed by atoms with Gasteiger partial charge >= 0.3 is 5.97 Å². The predicted molar refractivity (Wildman–Crippen MR) is 149 cm³/mol. The lowest BCUT2D eigenvalue weighted by molar-refractivity contribution is -0.145. The van der Waals surface area contributed by atoms with Crippen molar-refractivity contribution in [3.63, 3.8) is 0 Å². The summed E-state index contributed by atoms with van der Waals surface area (Å²) < 4.78 is 22.9. The van der Waals surface area contributed by atoms with Crippen LogP contribution in [0.3, 0.4) is 0 Å². The zero-order valence-electron chi connectivity index (χ0n) is 23.2. The molecule has 1 N–H and O–H groups in total. The molecular formula is C32H46O6. The van der Waals surface area contributed by atoms with E-state index in [0.29, 0.717) is 31.1 Å². The van der Waals surface area contributed by atoms with E-state index in [1.165, 1.54) is 19.3 Å². The maximum Gasteiger partial charge on any atom is 0.384 e. The van der Waals surface area contributed by atoms with Crippen molar-refractivity contribution in [3.05, 3.63) is 48.6 Å². The molecule has 0 radical (unpaired) electrons. The molecule has 6 heteroatoms. The number of hydrogen-bond donors (Lipinski definition) is 1. The monoisotopic (exact) mass is 526 g/mol. The molecule has 2 heterocycles. The van der Waals surface area contributed by atoms with Crippen LogP contribution in [0.2, 0.25) is 0 Å². The summed E-state index contributed by atoms with van der Waals surface area (Å²) in [6.45, 7) is 6.70. The molecule has 2 aliphatic heterocycles. The molecule has 1 unspecified atom stereocenters. The lowest BCUT2D eigenvalue weighted by Gasteiger charge is -2.28. The molecule has 1 aliphatic carbocycles. The van der Waals surface area contributed by atoms with Gasteiger partial charge in [0.05, 0.1) is 18.3 Å². The number of carbonyl (C=O) groups is 1. The van der Waals surface area contributed by atoms with Gasteiger partial charge in [0.25, 0.3) is 0 Å². The Morgan fingerprint density at radius 2 is 1.97 bits per heavy atom. The van der Waals surface area contributed by atoms with Crippen LogP contribution in [0.4, 0.5) is 0 Å². The molecule has 38 heavy (non-hydrogen) atoms. The number of aliphatic hydroxyl groups excluding tert-OH is 1. The summed E-state index contributed by atoms with van der Waals surface area (Å²) in [5, 5.41) is 10.9. The molecule has 6 nitrogen and oxygen atoms in total. The van der Waals surface area contributed by atoms with E-state index in [2.05, 4.69) is 37.5 Å². The lowest BCUT2D eigenvalue weighted by atomic mass is 9.88. The molecule has 210 valence electrons. The number of aliphatic hydroxyl groups is 1. The number of fused-ring (bicyclic) bond motifs is 2. The third-order valence-electron chi connectivity index (χ3n) is 7.39. The SMILES string of the molecule is C=C1C[C@H](C)C[C@@H]2CC=C[C@@H](CC#CC(=O)OC([C@@H](O)/C=C/C3CCCCC3)C/C=C/[C@@H](OCOC)C1)O2. The van der Waals surface area contributed by atoms with Crippen LogP contribution in [0.15, 0.2) is 48.6 Å². The number of cyclic esters (lactones) is 1. The van der Waals surface area contributed by atoms with Crippen molar-refractivity contribution in [1.82, 2.24) is 0 Å². The molecule has 0 aromatic heterocycles. The molecule has 6 atom stereocenters. The number of rotatable bonds is 6. The molecule has 1 saturated carbocycles. The summed E-state index contributed by atoms with van der Waals surface area (Å²) in [5.41, 5.74) is 1.11. The van der Waals surface area contributed by atoms with Crippen LogP contribution in [0.5, 0.6) is 0 Å². The van der Waals surface area contributed by atoms with Gasteiger partial charge in [0.15, 0.2) is 0 Å². The zero-order valence-corrected chi connectivity index (χ0v) is 23.2. The minimum Gasteiger partial charge on any atom is -0.449 e. The Hall–Kier alpha value is -2.17. The number of allylic oxidation sites excluding steroid dienone is 1. The average molecular weight is 527 g/mol. The second-order valence-electron chi connectivity index (χ2n) is 11.0. The van der Waals surface area contributed by atoms with Gasteiger partial charge in [-0.05, 0) is 50.4 Å². The highest BCUT2D eigenvalue weighted by Crippen LogP contribution is 2.27. The smallest absolute Gasteiger partial charge is 0.384 e. The van der Waals surface area contributed by atoms with Crippen LogP contribution in [0.25, 0.3) is 0 Å². The summed E-state index contributed by atoms with van der Waals surface area (Å²) >= 11 is 0. The summed E-state index contributed by atoms with van der Waals surface area (Å²) in [6.07, 6.45) is 20.1. The van der Waals surface area contributed by atoms with Crippen LogP contribution < -0.4 is 0 Å². The fraction of sp³-hybridized carbons (Fsp3) is 0.656. The quantitative estimate of drug-likeness (QED) is 0.155. The molecule has 0 amide bonds. The van der Waals surface area contributed by atoms with Crippen LogP contribution >= 0.6 is 0 Å². The first-order valence-corrected chi connectivity index (χ1v) is 14.2. The van der Waals surface area contributed by atoms with Crippen molar-refractivity contribution in [2.24, 2.45) is 11.8 Å². The van der Waals surface area contributed by atoms with Crippen molar-refractivity contribution in [2.45, 2.75) is 108 Å². The standard InChI is InChI=1S/C32H46O6/c1-24-20-25(2)22-29-15-7-12-27(37-29)13-9-17-32(34)38-31(16-8-14-28(21-24)36-23-35-3)30(33)19-18-26-10-5-4-6-11-26/h7-8,12,14,18-19,25-31,33H,1,4-6,10-11,13,15-16,20-23H2,2-3H3/b14-8+,19-18+/t25-,27-,28+,29-,30-,31?/m0/s1. The molecule has 0 spiro atoms. The topological polar surface area (TPSA) is 74.2 Å². The third-order valence-corrected chi connectivity index (χ3v) is 7.39. The van der Waals surface area contributed by atoms with E-state index in [1.54, 1.807) is 13.2 Å². The minimum atomic E-state index is -0.919. The molecule has 3 rings (SSSR count). The Morgan fingerprint density at radius 3 is 2.76 bits per heavy atom. The summed E-state index contributed by atoms with van der Waals surface area (Å²) in [5.74, 6) is 5.76. The normalized spacial score (nSPS) is 32.0. The molecule has 1 fully saturated rings. The van der Waals surface area contributed by atoms with Gasteiger partial charge in [0.1, 0.15) is 19.0 Å². The van der Waals surface area contributed by atoms with E-state index < -0.39 is 18.2 Å². The van der Waals surface area contributed by atoms with Gasteiger partial charge in [-0.25, -0.2) is 4.79 Å². The van der Waals surface area contributed by atoms with E-state index >= 15 is 0 Å². The predicted octanol–water partition coefficient (Wildman–Crippen LogP) is 5.81. The van der Waals surface area contributed by atoms with Gasteiger partial charge < -0.3 is 24.1 Å². The van der Waals surface area contributed by atoms with Crippen LogP contribution in [0.1, 0.15) is 77.6 Å². The molecule has 3 aliphatic rings. The van der Waals surface area contributed by atoms with Crippen LogP contribution in [-0.4, -0.2) is 55.5 Å². The highest BCUT2D eigenvalue weighted by molar-refractivity contribution is 5.88. The number of hydrogen-bond acceptors (Lipinski definition) is 6. The van der Waals surface area contributed by atoms with Crippen LogP contribution in [0, 0.1) is 23.7 Å².